The number of ether oxygens (including phenoxy) is 3. The highest BCUT2D eigenvalue weighted by Crippen LogP contribution is 2.38. The van der Waals surface area contributed by atoms with Gasteiger partial charge in [0.05, 0.1) is 28.8 Å². The number of cyclic esters (lactones) is 1. The molecule has 2 atom stereocenters. The maximum Gasteiger partial charge on any atom is 0.340 e. The van der Waals surface area contributed by atoms with Crippen LogP contribution in [-0.4, -0.2) is 46.3 Å². The fourth-order valence-corrected chi connectivity index (χ4v) is 4.54. The highest BCUT2D eigenvalue weighted by Gasteiger charge is 2.40. The number of aromatic nitrogens is 3. The molecule has 0 saturated heterocycles. The molecule has 1 aliphatic carbocycles. The van der Waals surface area contributed by atoms with Gasteiger partial charge in [-0.3, -0.25) is 9.97 Å². The predicted molar refractivity (Wildman–Crippen MR) is 132 cm³/mol. The van der Waals surface area contributed by atoms with E-state index in [9.17, 15) is 4.79 Å². The number of methoxy groups -OCH3 is 1. The summed E-state index contributed by atoms with van der Waals surface area (Å²) < 4.78 is 17.0. The van der Waals surface area contributed by atoms with Crippen LogP contribution in [0.15, 0.2) is 30.6 Å². The van der Waals surface area contributed by atoms with Crippen LogP contribution in [0.3, 0.4) is 0 Å². The van der Waals surface area contributed by atoms with E-state index in [0.29, 0.717) is 24.5 Å². The first-order valence-electron chi connectivity index (χ1n) is 12.0. The van der Waals surface area contributed by atoms with Gasteiger partial charge in [-0.1, -0.05) is 6.92 Å². The highest BCUT2D eigenvalue weighted by molar-refractivity contribution is 5.92. The largest absolute Gasteiger partial charge is 0.474 e. The fraction of sp³-hybridized carbons (Fsp3) is 0.481. The average Bonchev–Trinajstić information content (AvgIpc) is 3.61. The lowest BCUT2D eigenvalue weighted by molar-refractivity contribution is -0.0190. The topological polar surface area (TPSA) is 109 Å². The smallest absolute Gasteiger partial charge is 0.340 e. The predicted octanol–water partition coefficient (Wildman–Crippen LogP) is 4.03. The zero-order valence-electron chi connectivity index (χ0n) is 20.9. The maximum absolute atomic E-state index is 12.4. The van der Waals surface area contributed by atoms with Gasteiger partial charge in [-0.25, -0.2) is 9.78 Å². The summed E-state index contributed by atoms with van der Waals surface area (Å²) in [6.45, 7) is 8.15. The van der Waals surface area contributed by atoms with Crippen molar-refractivity contribution in [1.82, 2.24) is 15.0 Å². The maximum atomic E-state index is 12.4. The summed E-state index contributed by atoms with van der Waals surface area (Å²) in [6, 6.07) is 5.71. The van der Waals surface area contributed by atoms with Crippen LogP contribution in [0.5, 0.6) is 5.88 Å². The number of fused-ring (bicyclic) bond motifs is 2. The van der Waals surface area contributed by atoms with Gasteiger partial charge in [0.15, 0.2) is 0 Å². The Balaban J connectivity index is 1.54. The Morgan fingerprint density at radius 3 is 2.66 bits per heavy atom. The minimum atomic E-state index is -0.734. The van der Waals surface area contributed by atoms with E-state index in [4.69, 9.17) is 29.9 Å². The second kappa shape index (κ2) is 8.53. The van der Waals surface area contributed by atoms with E-state index >= 15 is 0 Å². The quantitative estimate of drug-likeness (QED) is 0.509. The van der Waals surface area contributed by atoms with Crippen LogP contribution in [-0.2, 0) is 21.4 Å². The van der Waals surface area contributed by atoms with Gasteiger partial charge in [0.1, 0.15) is 11.7 Å². The lowest BCUT2D eigenvalue weighted by atomic mass is 9.84. The normalized spacial score (nSPS) is 20.7. The van der Waals surface area contributed by atoms with Crippen LogP contribution < -0.4 is 10.5 Å². The Hall–Kier alpha value is -3.10. The lowest BCUT2D eigenvalue weighted by Gasteiger charge is -2.36. The fourth-order valence-electron chi connectivity index (χ4n) is 4.54. The Bertz CT molecular complexity index is 1300. The molecule has 0 radical (unpaired) electrons. The van der Waals surface area contributed by atoms with Gasteiger partial charge in [-0.15, -0.1) is 0 Å². The Labute approximate surface area is 205 Å². The number of hydrogen-bond donors (Lipinski definition) is 1. The van der Waals surface area contributed by atoms with Crippen molar-refractivity contribution in [3.05, 3.63) is 58.8 Å². The third-order valence-electron chi connectivity index (χ3n) is 7.03. The lowest BCUT2D eigenvalue weighted by Crippen LogP contribution is -2.39. The van der Waals surface area contributed by atoms with Crippen molar-refractivity contribution in [2.45, 2.75) is 70.1 Å². The van der Waals surface area contributed by atoms with E-state index in [1.54, 1.807) is 19.4 Å². The van der Waals surface area contributed by atoms with Gasteiger partial charge < -0.3 is 19.9 Å². The van der Waals surface area contributed by atoms with Crippen molar-refractivity contribution < 1.29 is 19.0 Å². The van der Waals surface area contributed by atoms with Crippen molar-refractivity contribution in [3.63, 3.8) is 0 Å². The zero-order valence-corrected chi connectivity index (χ0v) is 20.9. The minimum absolute atomic E-state index is 0.0217. The van der Waals surface area contributed by atoms with E-state index in [1.165, 1.54) is 0 Å². The molecule has 0 amide bonds. The Morgan fingerprint density at radius 2 is 1.94 bits per heavy atom. The molecule has 4 heterocycles. The molecule has 3 aromatic heterocycles. The third kappa shape index (κ3) is 4.48. The molecule has 35 heavy (non-hydrogen) atoms. The summed E-state index contributed by atoms with van der Waals surface area (Å²) in [5.41, 5.74) is 9.14. The summed E-state index contributed by atoms with van der Waals surface area (Å²) in [4.78, 5) is 26.6. The first-order valence-corrected chi connectivity index (χ1v) is 12.0. The van der Waals surface area contributed by atoms with Crippen molar-refractivity contribution in [3.8, 4) is 5.88 Å². The van der Waals surface area contributed by atoms with Crippen LogP contribution in [0.4, 0.5) is 0 Å². The van der Waals surface area contributed by atoms with Crippen LogP contribution in [0.1, 0.15) is 79.5 Å². The number of hydrogen-bond acceptors (Lipinski definition) is 8. The molecule has 1 saturated carbocycles. The highest BCUT2D eigenvalue weighted by atomic mass is 16.6. The standard InChI is InChI=1S/C27H32N4O4/c1-15-23-19(25(32)35-26(15,2)3)9-6-16(31-23)10-17-11-20-21(12-29-17)24(34-18-7-8-18)30-13-22(20)27(4,28)14-33-5/h6,9,11-13,15,18H,7-8,10,14,28H2,1-5H3/t15-,27+/m1/s1. The van der Waals surface area contributed by atoms with Gasteiger partial charge in [0, 0.05) is 48.8 Å². The summed E-state index contributed by atoms with van der Waals surface area (Å²) in [5, 5.41) is 1.78. The van der Waals surface area contributed by atoms with E-state index in [-0.39, 0.29) is 18.0 Å². The number of rotatable bonds is 7. The van der Waals surface area contributed by atoms with Crippen LogP contribution in [0.2, 0.25) is 0 Å². The molecule has 3 aromatic rings. The van der Waals surface area contributed by atoms with E-state index in [0.717, 1.165) is 46.3 Å². The summed E-state index contributed by atoms with van der Waals surface area (Å²) in [5.74, 6) is 0.234. The molecule has 1 aliphatic heterocycles. The monoisotopic (exact) mass is 476 g/mol. The van der Waals surface area contributed by atoms with Gasteiger partial charge in [0.25, 0.3) is 0 Å². The molecule has 2 N–H and O–H groups in total. The first-order chi connectivity index (χ1) is 16.6. The molecule has 5 rings (SSSR count). The number of pyridine rings is 3. The first kappa shape index (κ1) is 23.6. The molecular weight excluding hydrogens is 444 g/mol. The summed E-state index contributed by atoms with van der Waals surface area (Å²) >= 11 is 0. The molecule has 8 heteroatoms. The molecule has 2 aliphatic rings. The van der Waals surface area contributed by atoms with Gasteiger partial charge in [-0.05, 0) is 57.2 Å². The van der Waals surface area contributed by atoms with Crippen LogP contribution in [0.25, 0.3) is 10.8 Å². The second-order valence-electron chi connectivity index (χ2n) is 10.5. The number of carbonyl (C=O) groups excluding carboxylic acids is 1. The van der Waals surface area contributed by atoms with Crippen molar-refractivity contribution >= 4 is 16.7 Å². The third-order valence-corrected chi connectivity index (χ3v) is 7.03. The zero-order chi connectivity index (χ0) is 25.0. The van der Waals surface area contributed by atoms with Gasteiger partial charge in [0.2, 0.25) is 5.88 Å². The number of carbonyl (C=O) groups is 1. The van der Waals surface area contributed by atoms with Crippen LogP contribution >= 0.6 is 0 Å². The molecule has 0 bridgehead atoms. The summed E-state index contributed by atoms with van der Waals surface area (Å²) in [6.07, 6.45) is 6.41. The van der Waals surface area contributed by atoms with Crippen molar-refractivity contribution in [2.75, 3.05) is 13.7 Å². The molecule has 0 spiro atoms. The molecule has 0 unspecified atom stereocenters. The molecule has 8 nitrogen and oxygen atoms in total. The Morgan fingerprint density at radius 1 is 1.17 bits per heavy atom. The SMILES string of the molecule is COC[C@](C)(N)c1cnc(OC2CC2)c2cnc(Cc3ccc4c(n3)[C@@H](C)C(C)(C)OC4=O)cc12. The van der Waals surface area contributed by atoms with E-state index in [1.807, 2.05) is 46.0 Å². The van der Waals surface area contributed by atoms with Crippen molar-refractivity contribution in [2.24, 2.45) is 5.73 Å². The minimum Gasteiger partial charge on any atom is -0.474 e. The van der Waals surface area contributed by atoms with Gasteiger partial charge >= 0.3 is 5.97 Å². The number of esters is 1. The number of nitrogens with zero attached hydrogens (tertiary/aromatic N) is 3. The van der Waals surface area contributed by atoms with Gasteiger partial charge in [-0.2, -0.15) is 0 Å². The molecule has 0 aromatic carbocycles. The van der Waals surface area contributed by atoms with Crippen molar-refractivity contribution in [1.29, 1.82) is 0 Å². The number of nitrogens with two attached hydrogens (primary N) is 1. The molecule has 1 fully saturated rings. The van der Waals surface area contributed by atoms with Crippen LogP contribution in [0, 0.1) is 0 Å². The molecule has 184 valence electrons. The van der Waals surface area contributed by atoms with E-state index < -0.39 is 11.1 Å². The molecular formula is C27H32N4O4. The second-order valence-corrected chi connectivity index (χ2v) is 10.5. The Kier molecular flexibility index (Phi) is 5.76. The average molecular weight is 477 g/mol. The summed E-state index contributed by atoms with van der Waals surface area (Å²) in [7, 11) is 1.64. The van der Waals surface area contributed by atoms with E-state index in [2.05, 4.69) is 4.98 Å².